The Balaban J connectivity index is 1.83. The van der Waals surface area contributed by atoms with Gasteiger partial charge in [0.25, 0.3) is 0 Å². The first kappa shape index (κ1) is 17.1. The monoisotopic (exact) mass is 358 g/mol. The lowest BCUT2D eigenvalue weighted by Crippen LogP contribution is -2.06. The first-order valence-corrected chi connectivity index (χ1v) is 8.42. The molecule has 0 saturated heterocycles. The van der Waals surface area contributed by atoms with E-state index in [1.807, 2.05) is 31.2 Å². The maximum Gasteiger partial charge on any atom is 0.338 e. The molecule has 0 radical (unpaired) electrons. The Morgan fingerprint density at radius 3 is 2.72 bits per heavy atom. The molecule has 3 aromatic rings. The first-order valence-electron chi connectivity index (χ1n) is 7.43. The van der Waals surface area contributed by atoms with Gasteiger partial charge in [-0.05, 0) is 47.2 Å². The SMILES string of the molecule is COC(=O)c1cc(F)ccc1CSc1nnnn1-c1ccc(C)cc1. The summed E-state index contributed by atoms with van der Waals surface area (Å²) in [7, 11) is 1.27. The van der Waals surface area contributed by atoms with Crippen LogP contribution in [0.3, 0.4) is 0 Å². The van der Waals surface area contributed by atoms with Gasteiger partial charge in [-0.2, -0.15) is 4.68 Å². The zero-order valence-electron chi connectivity index (χ0n) is 13.6. The summed E-state index contributed by atoms with van der Waals surface area (Å²) in [6.45, 7) is 2.00. The number of hydrogen-bond acceptors (Lipinski definition) is 6. The Labute approximate surface area is 148 Å². The summed E-state index contributed by atoms with van der Waals surface area (Å²) in [6, 6.07) is 11.8. The molecule has 0 bridgehead atoms. The molecule has 0 unspecified atom stereocenters. The van der Waals surface area contributed by atoms with Crippen LogP contribution in [0, 0.1) is 12.7 Å². The Bertz CT molecular complexity index is 896. The molecule has 1 aromatic heterocycles. The predicted molar refractivity (Wildman–Crippen MR) is 91.2 cm³/mol. The van der Waals surface area contributed by atoms with Crippen molar-refractivity contribution in [2.75, 3.05) is 7.11 Å². The van der Waals surface area contributed by atoms with Crippen molar-refractivity contribution in [3.8, 4) is 5.69 Å². The van der Waals surface area contributed by atoms with Crippen molar-refractivity contribution >= 4 is 17.7 Å². The van der Waals surface area contributed by atoms with E-state index in [0.29, 0.717) is 16.5 Å². The summed E-state index contributed by atoms with van der Waals surface area (Å²) in [4.78, 5) is 11.8. The molecule has 3 rings (SSSR count). The summed E-state index contributed by atoms with van der Waals surface area (Å²) in [5.41, 5.74) is 2.83. The van der Waals surface area contributed by atoms with Gasteiger partial charge in [0.05, 0.1) is 18.4 Å². The second-order valence-electron chi connectivity index (χ2n) is 5.29. The van der Waals surface area contributed by atoms with Crippen molar-refractivity contribution in [2.24, 2.45) is 0 Å². The van der Waals surface area contributed by atoms with Crippen molar-refractivity contribution < 1.29 is 13.9 Å². The van der Waals surface area contributed by atoms with Crippen LogP contribution in [0.25, 0.3) is 5.69 Å². The average molecular weight is 358 g/mol. The van der Waals surface area contributed by atoms with Crippen molar-refractivity contribution in [1.82, 2.24) is 20.2 Å². The van der Waals surface area contributed by atoms with E-state index in [4.69, 9.17) is 4.74 Å². The Kier molecular flexibility index (Phi) is 5.08. The van der Waals surface area contributed by atoms with Gasteiger partial charge in [-0.15, -0.1) is 5.10 Å². The summed E-state index contributed by atoms with van der Waals surface area (Å²) in [6.07, 6.45) is 0. The van der Waals surface area contributed by atoms with Gasteiger partial charge in [0, 0.05) is 5.75 Å². The molecule has 0 aliphatic heterocycles. The van der Waals surface area contributed by atoms with Gasteiger partial charge in [-0.3, -0.25) is 0 Å². The molecule has 0 amide bonds. The minimum Gasteiger partial charge on any atom is -0.465 e. The molecule has 0 aliphatic rings. The highest BCUT2D eigenvalue weighted by Gasteiger charge is 2.15. The van der Waals surface area contributed by atoms with Crippen LogP contribution in [-0.2, 0) is 10.5 Å². The van der Waals surface area contributed by atoms with E-state index in [9.17, 15) is 9.18 Å². The Hall–Kier alpha value is -2.74. The Morgan fingerprint density at radius 1 is 1.24 bits per heavy atom. The number of methoxy groups -OCH3 is 1. The van der Waals surface area contributed by atoms with Gasteiger partial charge in [0.2, 0.25) is 5.16 Å². The molecule has 2 aromatic carbocycles. The fraction of sp³-hybridized carbons (Fsp3) is 0.176. The minimum absolute atomic E-state index is 0.198. The summed E-state index contributed by atoms with van der Waals surface area (Å²) in [5.74, 6) is -0.663. The number of nitrogens with zero attached hydrogens (tertiary/aromatic N) is 4. The number of carbonyl (C=O) groups excluding carboxylic acids is 1. The highest BCUT2D eigenvalue weighted by atomic mass is 32.2. The van der Waals surface area contributed by atoms with Crippen molar-refractivity contribution in [3.63, 3.8) is 0 Å². The van der Waals surface area contributed by atoms with E-state index < -0.39 is 11.8 Å². The Morgan fingerprint density at radius 2 is 2.00 bits per heavy atom. The number of aromatic nitrogens is 4. The van der Waals surface area contributed by atoms with Crippen LogP contribution in [0.4, 0.5) is 4.39 Å². The van der Waals surface area contributed by atoms with Gasteiger partial charge in [0.15, 0.2) is 0 Å². The van der Waals surface area contributed by atoms with Crippen LogP contribution in [0.2, 0.25) is 0 Å². The van der Waals surface area contributed by atoms with Gasteiger partial charge in [-0.1, -0.05) is 35.5 Å². The van der Waals surface area contributed by atoms with Crippen LogP contribution in [0.15, 0.2) is 47.6 Å². The smallest absolute Gasteiger partial charge is 0.338 e. The molecule has 6 nitrogen and oxygen atoms in total. The fourth-order valence-corrected chi connectivity index (χ4v) is 3.13. The quantitative estimate of drug-likeness (QED) is 0.515. The molecule has 0 fully saturated rings. The van der Waals surface area contributed by atoms with Crippen LogP contribution in [-0.4, -0.2) is 33.3 Å². The zero-order chi connectivity index (χ0) is 17.8. The lowest BCUT2D eigenvalue weighted by molar-refractivity contribution is 0.0599. The second-order valence-corrected chi connectivity index (χ2v) is 6.23. The van der Waals surface area contributed by atoms with Crippen LogP contribution in [0.1, 0.15) is 21.5 Å². The number of benzene rings is 2. The van der Waals surface area contributed by atoms with Crippen LogP contribution in [0.5, 0.6) is 0 Å². The minimum atomic E-state index is -0.576. The van der Waals surface area contributed by atoms with Gasteiger partial charge in [-0.25, -0.2) is 9.18 Å². The molecular formula is C17H15FN4O2S. The van der Waals surface area contributed by atoms with Crippen molar-refractivity contribution in [1.29, 1.82) is 0 Å². The molecule has 0 atom stereocenters. The number of rotatable bonds is 5. The van der Waals surface area contributed by atoms with E-state index in [1.54, 1.807) is 10.7 Å². The van der Waals surface area contributed by atoms with E-state index in [1.165, 1.54) is 31.0 Å². The summed E-state index contributed by atoms with van der Waals surface area (Å²) >= 11 is 1.35. The van der Waals surface area contributed by atoms with Crippen molar-refractivity contribution in [2.45, 2.75) is 17.8 Å². The summed E-state index contributed by atoms with van der Waals surface area (Å²) < 4.78 is 19.8. The molecule has 128 valence electrons. The number of carbonyl (C=O) groups is 1. The second kappa shape index (κ2) is 7.43. The lowest BCUT2D eigenvalue weighted by Gasteiger charge is -2.08. The molecule has 1 heterocycles. The first-order chi connectivity index (χ1) is 12.1. The molecule has 8 heteroatoms. The topological polar surface area (TPSA) is 69.9 Å². The molecule has 25 heavy (non-hydrogen) atoms. The number of esters is 1. The van der Waals surface area contributed by atoms with Crippen molar-refractivity contribution in [3.05, 3.63) is 65.0 Å². The van der Waals surface area contributed by atoms with Gasteiger partial charge < -0.3 is 4.74 Å². The van der Waals surface area contributed by atoms with Gasteiger partial charge >= 0.3 is 5.97 Å². The molecule has 0 saturated carbocycles. The van der Waals surface area contributed by atoms with E-state index in [2.05, 4.69) is 15.5 Å². The number of hydrogen-bond donors (Lipinski definition) is 0. The highest BCUT2D eigenvalue weighted by molar-refractivity contribution is 7.98. The van der Waals surface area contributed by atoms with Gasteiger partial charge in [0.1, 0.15) is 5.82 Å². The number of aryl methyl sites for hydroxylation is 1. The largest absolute Gasteiger partial charge is 0.465 e. The molecule has 0 spiro atoms. The fourth-order valence-electron chi connectivity index (χ4n) is 2.23. The average Bonchev–Trinajstić information content (AvgIpc) is 3.09. The third kappa shape index (κ3) is 3.85. The predicted octanol–water partition coefficient (Wildman–Crippen LogP) is 3.19. The third-order valence-corrected chi connectivity index (χ3v) is 4.52. The summed E-state index contributed by atoms with van der Waals surface area (Å²) in [5, 5.41) is 12.3. The third-order valence-electron chi connectivity index (χ3n) is 3.55. The van der Waals surface area contributed by atoms with E-state index in [0.717, 1.165) is 11.3 Å². The molecule has 0 aliphatic carbocycles. The van der Waals surface area contributed by atoms with E-state index >= 15 is 0 Å². The maximum atomic E-state index is 13.4. The number of thioether (sulfide) groups is 1. The normalized spacial score (nSPS) is 10.7. The maximum absolute atomic E-state index is 13.4. The van der Waals surface area contributed by atoms with E-state index in [-0.39, 0.29) is 5.56 Å². The molecular weight excluding hydrogens is 343 g/mol. The highest BCUT2D eigenvalue weighted by Crippen LogP contribution is 2.25. The number of tetrazole rings is 1. The standard InChI is InChI=1S/C17H15FN4O2S/c1-11-3-7-14(8-4-11)22-17(19-20-21-22)25-10-12-5-6-13(18)9-15(12)16(23)24-2/h3-9H,10H2,1-2H3. The lowest BCUT2D eigenvalue weighted by atomic mass is 10.1. The molecule has 0 N–H and O–H groups in total. The van der Waals surface area contributed by atoms with Crippen LogP contribution >= 0.6 is 11.8 Å². The zero-order valence-corrected chi connectivity index (χ0v) is 14.5. The van der Waals surface area contributed by atoms with Crippen LogP contribution < -0.4 is 0 Å². The number of halogens is 1. The number of ether oxygens (including phenoxy) is 1.